The maximum atomic E-state index is 7.16. The summed E-state index contributed by atoms with van der Waals surface area (Å²) in [6.07, 6.45) is 0. The molecule has 9 aromatic rings. The van der Waals surface area contributed by atoms with Crippen molar-refractivity contribution in [3.05, 3.63) is 216 Å². The minimum Gasteiger partial charge on any atom is -0.456 e. The maximum absolute atomic E-state index is 7.16. The summed E-state index contributed by atoms with van der Waals surface area (Å²) in [6.45, 7) is 0. The number of rotatable bonds is 4. The summed E-state index contributed by atoms with van der Waals surface area (Å²) in [7, 11) is 0. The number of fused-ring (bicyclic) bond motifs is 10. The molecule has 3 heteroatoms. The van der Waals surface area contributed by atoms with Crippen LogP contribution in [0, 0.1) is 0 Å². The third kappa shape index (κ3) is 4.55. The zero-order chi connectivity index (χ0) is 35.6. The average molecular weight is 689 g/mol. The molecule has 0 fully saturated rings. The second-order valence-corrected chi connectivity index (χ2v) is 14.1. The summed E-state index contributed by atoms with van der Waals surface area (Å²) in [6, 6.07) is 68.8. The van der Waals surface area contributed by atoms with Gasteiger partial charge in [-0.15, -0.1) is 0 Å². The number of benzene rings is 8. The van der Waals surface area contributed by atoms with Gasteiger partial charge in [0.1, 0.15) is 11.5 Å². The van der Waals surface area contributed by atoms with Gasteiger partial charge in [-0.3, -0.25) is 0 Å². The SMILES string of the molecule is c1ccc(-c2ccc(-c3cc(-c4ccccc4)nc(-c4cccc5c4Oc4cc6ccccc6cc4C54c5ccccc5-c5ccccc54)n3)cc2)cc1. The molecule has 1 aliphatic carbocycles. The summed E-state index contributed by atoms with van der Waals surface area (Å²) in [4.78, 5) is 10.6. The lowest BCUT2D eigenvalue weighted by atomic mass is 9.65. The standard InChI is InChI=1S/C51H32N2O/c1-3-14-33(15-4-1)34-26-28-36(29-27-34)47-32-46(35-16-5-2-6-17-35)52-50(53-47)41-22-13-25-44-49(41)54-48-31-38-19-8-7-18-37(38)30-45(48)51(44)42-23-11-9-20-39(42)40-21-10-12-24-43(40)51/h1-32H. The molecule has 0 bridgehead atoms. The Kier molecular flexibility index (Phi) is 6.77. The molecule has 54 heavy (non-hydrogen) atoms. The molecule has 0 amide bonds. The van der Waals surface area contributed by atoms with E-state index < -0.39 is 5.41 Å². The maximum Gasteiger partial charge on any atom is 0.164 e. The molecule has 0 N–H and O–H groups in total. The fourth-order valence-electron chi connectivity index (χ4n) is 8.72. The zero-order valence-corrected chi connectivity index (χ0v) is 29.3. The highest BCUT2D eigenvalue weighted by Crippen LogP contribution is 2.63. The van der Waals surface area contributed by atoms with Gasteiger partial charge in [-0.2, -0.15) is 0 Å². The highest BCUT2D eigenvalue weighted by molar-refractivity contribution is 5.94. The molecule has 2 heterocycles. The predicted octanol–water partition coefficient (Wildman–Crippen LogP) is 12.8. The third-order valence-corrected chi connectivity index (χ3v) is 11.2. The molecule has 0 radical (unpaired) electrons. The number of hydrogen-bond acceptors (Lipinski definition) is 3. The second kappa shape index (κ2) is 12.0. The summed E-state index contributed by atoms with van der Waals surface area (Å²) in [5, 5.41) is 2.32. The van der Waals surface area contributed by atoms with E-state index in [4.69, 9.17) is 14.7 Å². The molecule has 2 aliphatic rings. The van der Waals surface area contributed by atoms with E-state index in [1.165, 1.54) is 33.2 Å². The number of para-hydroxylation sites is 1. The molecule has 3 nitrogen and oxygen atoms in total. The second-order valence-electron chi connectivity index (χ2n) is 14.1. The van der Waals surface area contributed by atoms with Gasteiger partial charge in [0.05, 0.1) is 22.4 Å². The van der Waals surface area contributed by atoms with Crippen molar-refractivity contribution in [2.24, 2.45) is 0 Å². The van der Waals surface area contributed by atoms with E-state index in [0.717, 1.165) is 61.7 Å². The van der Waals surface area contributed by atoms with Crippen molar-refractivity contribution >= 4 is 10.8 Å². The Morgan fingerprint density at radius 1 is 0.352 bits per heavy atom. The van der Waals surface area contributed by atoms with E-state index in [1.54, 1.807) is 0 Å². The van der Waals surface area contributed by atoms with Gasteiger partial charge in [-0.05, 0) is 68.4 Å². The van der Waals surface area contributed by atoms with Gasteiger partial charge in [-0.1, -0.05) is 170 Å². The lowest BCUT2D eigenvalue weighted by molar-refractivity contribution is 0.438. The van der Waals surface area contributed by atoms with Crippen molar-refractivity contribution in [1.82, 2.24) is 9.97 Å². The van der Waals surface area contributed by atoms with Gasteiger partial charge in [-0.25, -0.2) is 9.97 Å². The van der Waals surface area contributed by atoms with Gasteiger partial charge < -0.3 is 4.74 Å². The molecule has 1 spiro atoms. The van der Waals surface area contributed by atoms with E-state index >= 15 is 0 Å². The molecule has 0 saturated carbocycles. The van der Waals surface area contributed by atoms with Gasteiger partial charge in [0, 0.05) is 22.3 Å². The minimum absolute atomic E-state index is 0.608. The van der Waals surface area contributed by atoms with Crippen molar-refractivity contribution in [2.45, 2.75) is 5.41 Å². The zero-order valence-electron chi connectivity index (χ0n) is 29.3. The van der Waals surface area contributed by atoms with Crippen LogP contribution >= 0.6 is 0 Å². The van der Waals surface area contributed by atoms with Crippen LogP contribution in [0.3, 0.4) is 0 Å². The molecule has 0 unspecified atom stereocenters. The number of nitrogens with zero attached hydrogens (tertiary/aromatic N) is 2. The minimum atomic E-state index is -0.608. The normalized spacial score (nSPS) is 13.1. The smallest absolute Gasteiger partial charge is 0.164 e. The Morgan fingerprint density at radius 2 is 0.833 bits per heavy atom. The molecule has 0 saturated heterocycles. The fourth-order valence-corrected chi connectivity index (χ4v) is 8.72. The third-order valence-electron chi connectivity index (χ3n) is 11.2. The van der Waals surface area contributed by atoms with Crippen LogP contribution in [0.25, 0.3) is 66.9 Å². The summed E-state index contributed by atoms with van der Waals surface area (Å²) in [5.41, 5.74) is 13.6. The Balaban J connectivity index is 1.17. The number of aromatic nitrogens is 2. The van der Waals surface area contributed by atoms with Gasteiger partial charge >= 0.3 is 0 Å². The van der Waals surface area contributed by atoms with Crippen molar-refractivity contribution in [1.29, 1.82) is 0 Å². The summed E-state index contributed by atoms with van der Waals surface area (Å²) >= 11 is 0. The Labute approximate surface area is 313 Å². The van der Waals surface area contributed by atoms with Crippen LogP contribution in [-0.2, 0) is 5.41 Å². The quantitative estimate of drug-likeness (QED) is 0.185. The van der Waals surface area contributed by atoms with Crippen LogP contribution in [0.5, 0.6) is 11.5 Å². The Bertz CT molecular complexity index is 2850. The van der Waals surface area contributed by atoms with E-state index in [2.05, 4.69) is 182 Å². The molecule has 1 aliphatic heterocycles. The topological polar surface area (TPSA) is 35.0 Å². The van der Waals surface area contributed by atoms with Crippen molar-refractivity contribution in [3.8, 4) is 67.7 Å². The number of hydrogen-bond donors (Lipinski definition) is 0. The molecule has 1 aromatic heterocycles. The Hall–Kier alpha value is -7.10. The molecule has 0 atom stereocenters. The van der Waals surface area contributed by atoms with Crippen LogP contribution in [0.15, 0.2) is 194 Å². The van der Waals surface area contributed by atoms with Crippen LogP contribution < -0.4 is 4.74 Å². The Morgan fingerprint density at radius 3 is 1.50 bits per heavy atom. The first-order valence-corrected chi connectivity index (χ1v) is 18.4. The lowest BCUT2D eigenvalue weighted by Crippen LogP contribution is -2.32. The van der Waals surface area contributed by atoms with E-state index in [1.807, 2.05) is 12.1 Å². The van der Waals surface area contributed by atoms with Crippen molar-refractivity contribution in [3.63, 3.8) is 0 Å². The predicted molar refractivity (Wildman–Crippen MR) is 219 cm³/mol. The first-order chi connectivity index (χ1) is 26.8. The van der Waals surface area contributed by atoms with Gasteiger partial charge in [0.15, 0.2) is 5.82 Å². The van der Waals surface area contributed by atoms with Crippen LogP contribution in [-0.4, -0.2) is 9.97 Å². The molecule has 252 valence electrons. The van der Waals surface area contributed by atoms with E-state index in [-0.39, 0.29) is 0 Å². The largest absolute Gasteiger partial charge is 0.456 e. The summed E-state index contributed by atoms with van der Waals surface area (Å²) in [5.74, 6) is 2.24. The lowest BCUT2D eigenvalue weighted by Gasteiger charge is -2.40. The fraction of sp³-hybridized carbons (Fsp3) is 0.0196. The molecule has 11 rings (SSSR count). The molecular weight excluding hydrogens is 657 g/mol. The monoisotopic (exact) mass is 688 g/mol. The molecular formula is C51H32N2O. The highest BCUT2D eigenvalue weighted by atomic mass is 16.5. The van der Waals surface area contributed by atoms with Gasteiger partial charge in [0.2, 0.25) is 0 Å². The van der Waals surface area contributed by atoms with Crippen LogP contribution in [0.4, 0.5) is 0 Å². The van der Waals surface area contributed by atoms with E-state index in [0.29, 0.717) is 5.82 Å². The van der Waals surface area contributed by atoms with Crippen molar-refractivity contribution in [2.75, 3.05) is 0 Å². The molecule has 8 aromatic carbocycles. The highest BCUT2D eigenvalue weighted by Gasteiger charge is 2.51. The first kappa shape index (κ1) is 30.5. The van der Waals surface area contributed by atoms with Gasteiger partial charge in [0.25, 0.3) is 0 Å². The van der Waals surface area contributed by atoms with Crippen molar-refractivity contribution < 1.29 is 4.74 Å². The first-order valence-electron chi connectivity index (χ1n) is 18.4. The van der Waals surface area contributed by atoms with Crippen LogP contribution in [0.1, 0.15) is 22.3 Å². The van der Waals surface area contributed by atoms with Crippen LogP contribution in [0.2, 0.25) is 0 Å². The van der Waals surface area contributed by atoms with E-state index in [9.17, 15) is 0 Å². The average Bonchev–Trinajstić information content (AvgIpc) is 3.54. The number of ether oxygens (including phenoxy) is 1. The summed E-state index contributed by atoms with van der Waals surface area (Å²) < 4.78 is 7.16.